The molecular formula is C15H18N2O3S. The summed E-state index contributed by atoms with van der Waals surface area (Å²) in [5.41, 5.74) is 2.68. The number of hydrogen-bond acceptors (Lipinski definition) is 4. The second-order valence-electron chi connectivity index (χ2n) is 5.14. The molecule has 0 aliphatic carbocycles. The molecular weight excluding hydrogens is 288 g/mol. The van der Waals surface area contributed by atoms with Crippen LogP contribution in [0.15, 0.2) is 18.2 Å². The summed E-state index contributed by atoms with van der Waals surface area (Å²) in [4.78, 5) is 36.8. The van der Waals surface area contributed by atoms with Crippen molar-refractivity contribution in [2.24, 2.45) is 0 Å². The molecule has 1 heterocycles. The molecule has 1 aromatic rings. The minimum atomic E-state index is -0.357. The van der Waals surface area contributed by atoms with Gasteiger partial charge >= 0.3 is 0 Å². The van der Waals surface area contributed by atoms with Gasteiger partial charge in [0.05, 0.1) is 11.0 Å². The fourth-order valence-corrected chi connectivity index (χ4v) is 2.88. The Labute approximate surface area is 128 Å². The Morgan fingerprint density at radius 3 is 2.81 bits per heavy atom. The Kier molecular flexibility index (Phi) is 4.67. The molecule has 0 radical (unpaired) electrons. The molecule has 1 atom stereocenters. The lowest BCUT2D eigenvalue weighted by molar-refractivity contribution is -0.145. The topological polar surface area (TPSA) is 66.5 Å². The first-order valence-electron chi connectivity index (χ1n) is 6.71. The summed E-state index contributed by atoms with van der Waals surface area (Å²) >= 11 is 1.30. The number of amides is 3. The quantitative estimate of drug-likeness (QED) is 0.864. The summed E-state index contributed by atoms with van der Waals surface area (Å²) in [6.07, 6.45) is 0. The molecule has 3 amide bonds. The van der Waals surface area contributed by atoms with Crippen LogP contribution in [0.3, 0.4) is 0 Å². The zero-order valence-corrected chi connectivity index (χ0v) is 13.1. The van der Waals surface area contributed by atoms with Crippen molar-refractivity contribution in [2.45, 2.75) is 26.0 Å². The van der Waals surface area contributed by atoms with Gasteiger partial charge in [-0.05, 0) is 38.0 Å². The molecule has 1 N–H and O–H groups in total. The highest BCUT2D eigenvalue weighted by Crippen LogP contribution is 2.21. The van der Waals surface area contributed by atoms with Gasteiger partial charge in [0.15, 0.2) is 0 Å². The van der Waals surface area contributed by atoms with Gasteiger partial charge in [0.2, 0.25) is 17.7 Å². The van der Waals surface area contributed by atoms with E-state index in [1.165, 1.54) is 11.8 Å². The van der Waals surface area contributed by atoms with Gasteiger partial charge in [0.25, 0.3) is 0 Å². The van der Waals surface area contributed by atoms with E-state index in [4.69, 9.17) is 0 Å². The molecule has 1 saturated heterocycles. The van der Waals surface area contributed by atoms with E-state index in [9.17, 15) is 14.4 Å². The number of nitrogens with zero attached hydrogens (tertiary/aromatic N) is 1. The van der Waals surface area contributed by atoms with Crippen molar-refractivity contribution in [1.82, 2.24) is 4.90 Å². The van der Waals surface area contributed by atoms with E-state index >= 15 is 0 Å². The monoisotopic (exact) mass is 306 g/mol. The predicted octanol–water partition coefficient (Wildman–Crippen LogP) is 1.73. The van der Waals surface area contributed by atoms with Crippen LogP contribution in [-0.4, -0.2) is 40.2 Å². The number of carbonyl (C=O) groups excluding carboxylic acids is 3. The molecule has 21 heavy (non-hydrogen) atoms. The highest BCUT2D eigenvalue weighted by molar-refractivity contribution is 8.01. The van der Waals surface area contributed by atoms with Crippen LogP contribution in [0.1, 0.15) is 18.1 Å². The SMILES string of the molecule is Cc1ccc(C)c(NC(=O)CN2C(=O)CSC(C)C2=O)c1. The first-order valence-corrected chi connectivity index (χ1v) is 7.76. The van der Waals surface area contributed by atoms with Gasteiger partial charge in [-0.1, -0.05) is 12.1 Å². The highest BCUT2D eigenvalue weighted by Gasteiger charge is 2.33. The van der Waals surface area contributed by atoms with E-state index in [0.29, 0.717) is 5.69 Å². The lowest BCUT2D eigenvalue weighted by Gasteiger charge is -2.27. The largest absolute Gasteiger partial charge is 0.324 e. The number of thioether (sulfide) groups is 1. The van der Waals surface area contributed by atoms with E-state index in [0.717, 1.165) is 16.0 Å². The van der Waals surface area contributed by atoms with Crippen LogP contribution >= 0.6 is 11.8 Å². The first kappa shape index (κ1) is 15.6. The molecule has 1 aromatic carbocycles. The van der Waals surface area contributed by atoms with Crippen LogP contribution in [0, 0.1) is 13.8 Å². The fraction of sp³-hybridized carbons (Fsp3) is 0.400. The van der Waals surface area contributed by atoms with E-state index in [1.807, 2.05) is 32.0 Å². The molecule has 112 valence electrons. The second kappa shape index (κ2) is 6.30. The molecule has 6 heteroatoms. The van der Waals surface area contributed by atoms with E-state index in [2.05, 4.69) is 5.32 Å². The molecule has 2 rings (SSSR count). The van der Waals surface area contributed by atoms with Crippen molar-refractivity contribution in [1.29, 1.82) is 0 Å². The highest BCUT2D eigenvalue weighted by atomic mass is 32.2. The third kappa shape index (κ3) is 3.64. The summed E-state index contributed by atoms with van der Waals surface area (Å²) in [6.45, 7) is 5.35. The van der Waals surface area contributed by atoms with Crippen LogP contribution in [0.4, 0.5) is 5.69 Å². The van der Waals surface area contributed by atoms with Gasteiger partial charge in [-0.15, -0.1) is 11.8 Å². The Morgan fingerprint density at radius 1 is 1.38 bits per heavy atom. The number of hydrogen-bond donors (Lipinski definition) is 1. The number of nitrogens with one attached hydrogen (secondary N) is 1. The zero-order valence-electron chi connectivity index (χ0n) is 12.3. The molecule has 0 bridgehead atoms. The molecule has 0 aromatic heterocycles. The van der Waals surface area contributed by atoms with E-state index in [1.54, 1.807) is 6.92 Å². The molecule has 0 spiro atoms. The maximum Gasteiger partial charge on any atom is 0.244 e. The van der Waals surface area contributed by atoms with Gasteiger partial charge in [0, 0.05) is 5.69 Å². The van der Waals surface area contributed by atoms with Gasteiger partial charge in [-0.2, -0.15) is 0 Å². The lowest BCUT2D eigenvalue weighted by atomic mass is 10.1. The molecule has 1 unspecified atom stereocenters. The van der Waals surface area contributed by atoms with Crippen molar-refractivity contribution in [3.05, 3.63) is 29.3 Å². The summed E-state index contributed by atoms with van der Waals surface area (Å²) in [6, 6.07) is 5.74. The molecule has 1 aliphatic rings. The number of imide groups is 1. The van der Waals surface area contributed by atoms with Gasteiger partial charge in [-0.25, -0.2) is 0 Å². The van der Waals surface area contributed by atoms with Crippen LogP contribution in [0.5, 0.6) is 0 Å². The number of carbonyl (C=O) groups is 3. The van der Waals surface area contributed by atoms with E-state index < -0.39 is 0 Å². The maximum absolute atomic E-state index is 12.1. The summed E-state index contributed by atoms with van der Waals surface area (Å²) in [5.74, 6) is -0.722. The summed E-state index contributed by atoms with van der Waals surface area (Å²) in [7, 11) is 0. The van der Waals surface area contributed by atoms with Crippen LogP contribution in [0.25, 0.3) is 0 Å². The Balaban J connectivity index is 2.05. The summed E-state index contributed by atoms with van der Waals surface area (Å²) < 4.78 is 0. The van der Waals surface area contributed by atoms with Gasteiger partial charge in [0.1, 0.15) is 6.54 Å². The van der Waals surface area contributed by atoms with Crippen LogP contribution in [0.2, 0.25) is 0 Å². The number of benzene rings is 1. The molecule has 1 fully saturated rings. The summed E-state index contributed by atoms with van der Waals surface area (Å²) in [5, 5.41) is 2.48. The molecule has 1 aliphatic heterocycles. The Morgan fingerprint density at radius 2 is 2.10 bits per heavy atom. The minimum absolute atomic E-state index is 0.226. The second-order valence-corrected chi connectivity index (χ2v) is 6.47. The van der Waals surface area contributed by atoms with Crippen molar-refractivity contribution < 1.29 is 14.4 Å². The Bertz CT molecular complexity index is 601. The smallest absolute Gasteiger partial charge is 0.244 e. The van der Waals surface area contributed by atoms with E-state index in [-0.39, 0.29) is 35.3 Å². The lowest BCUT2D eigenvalue weighted by Crippen LogP contribution is -2.49. The molecule has 5 nitrogen and oxygen atoms in total. The standard InChI is InChI=1S/C15H18N2O3S/c1-9-4-5-10(2)12(6-9)16-13(18)7-17-14(19)8-21-11(3)15(17)20/h4-6,11H,7-8H2,1-3H3,(H,16,18). The fourth-order valence-electron chi connectivity index (χ4n) is 2.06. The number of aryl methyl sites for hydroxylation is 2. The van der Waals surface area contributed by atoms with Crippen molar-refractivity contribution in [3.63, 3.8) is 0 Å². The van der Waals surface area contributed by atoms with Crippen molar-refractivity contribution in [2.75, 3.05) is 17.6 Å². The van der Waals surface area contributed by atoms with Gasteiger partial charge in [-0.3, -0.25) is 19.3 Å². The predicted molar refractivity (Wildman–Crippen MR) is 83.2 cm³/mol. The van der Waals surface area contributed by atoms with Crippen molar-refractivity contribution >= 4 is 35.2 Å². The zero-order chi connectivity index (χ0) is 15.6. The average Bonchev–Trinajstić information content (AvgIpc) is 2.43. The first-order chi connectivity index (χ1) is 9.88. The third-order valence-electron chi connectivity index (χ3n) is 3.34. The maximum atomic E-state index is 12.1. The number of anilines is 1. The Hall–Kier alpha value is -1.82. The normalized spacial score (nSPS) is 18.8. The third-order valence-corrected chi connectivity index (χ3v) is 4.46. The molecule has 0 saturated carbocycles. The van der Waals surface area contributed by atoms with Crippen LogP contribution in [-0.2, 0) is 14.4 Å². The minimum Gasteiger partial charge on any atom is -0.324 e. The van der Waals surface area contributed by atoms with Gasteiger partial charge < -0.3 is 5.32 Å². The van der Waals surface area contributed by atoms with Crippen LogP contribution < -0.4 is 5.32 Å². The average molecular weight is 306 g/mol. The number of rotatable bonds is 3. The van der Waals surface area contributed by atoms with Crippen molar-refractivity contribution in [3.8, 4) is 0 Å².